The molecule has 2 unspecified atom stereocenters. The van der Waals surface area contributed by atoms with Crippen LogP contribution in [-0.4, -0.2) is 152 Å². The van der Waals surface area contributed by atoms with Gasteiger partial charge in [0.15, 0.2) is 22.9 Å². The summed E-state index contributed by atoms with van der Waals surface area (Å²) in [6.07, 6.45) is -2.92. The van der Waals surface area contributed by atoms with Gasteiger partial charge >= 0.3 is 11.9 Å². The number of rotatable bonds is 34. The van der Waals surface area contributed by atoms with E-state index in [4.69, 9.17) is 22.9 Å². The first-order valence-corrected chi connectivity index (χ1v) is 27.7. The molecule has 0 aliphatic heterocycles. The zero-order chi connectivity index (χ0) is 63.9. The molecule has 3 rings (SSSR count). The molecule has 0 heterocycles. The van der Waals surface area contributed by atoms with Gasteiger partial charge < -0.3 is 85.9 Å². The summed E-state index contributed by atoms with van der Waals surface area (Å²) in [5.41, 5.74) is 17.2. The molecule has 1 aliphatic carbocycles. The Morgan fingerprint density at radius 3 is 1.05 bits per heavy atom. The summed E-state index contributed by atoms with van der Waals surface area (Å²) >= 11 is 0. The third kappa shape index (κ3) is 19.5. The lowest BCUT2D eigenvalue weighted by Crippen LogP contribution is -2.66. The molecule has 0 aromatic heterocycles. The summed E-state index contributed by atoms with van der Waals surface area (Å²) in [6, 6.07) is -2.44. The average molecular weight is 1180 g/mol. The number of carboxylic acid groups (broad SMARTS) is 2. The Bertz CT molecular complexity index is 2650. The fourth-order valence-electron chi connectivity index (χ4n) is 9.24. The highest BCUT2D eigenvalue weighted by Gasteiger charge is 2.43. The second kappa shape index (κ2) is 30.5. The van der Waals surface area contributed by atoms with E-state index >= 15 is 0 Å². The van der Waals surface area contributed by atoms with E-state index < -0.39 is 191 Å². The number of phenolic OH excluding ortho intramolecular Hbond substituents is 2. The van der Waals surface area contributed by atoms with E-state index in [9.17, 15) is 78.0 Å². The number of nitrogens with one attached hydrogen (secondary N) is 8. The van der Waals surface area contributed by atoms with E-state index in [0.717, 1.165) is 12.1 Å². The number of amides is 6. The molecule has 2 aromatic carbocycles. The maximum Gasteiger partial charge on any atom is 0.307 e. The zero-order valence-electron chi connectivity index (χ0n) is 49.2. The molecular formula is C56H84N12O16. The van der Waals surface area contributed by atoms with E-state index in [1.165, 1.54) is 26.0 Å². The van der Waals surface area contributed by atoms with Crippen LogP contribution in [0.5, 0.6) is 11.5 Å². The number of nitrogens with two attached hydrogens (primary N) is 4. The first kappa shape index (κ1) is 70.2. The summed E-state index contributed by atoms with van der Waals surface area (Å²) < 4.78 is 0. The van der Waals surface area contributed by atoms with Crippen LogP contribution < -0.4 is 65.5 Å². The Morgan fingerprint density at radius 2 is 0.762 bits per heavy atom. The minimum Gasteiger partial charge on any atom is -0.507 e. The second-order valence-corrected chi connectivity index (χ2v) is 23.0. The zero-order valence-corrected chi connectivity index (χ0v) is 49.2. The molecule has 20 N–H and O–H groups in total. The number of hydrogen-bond donors (Lipinski definition) is 16. The van der Waals surface area contributed by atoms with Crippen molar-refractivity contribution in [1.82, 2.24) is 31.9 Å². The van der Waals surface area contributed by atoms with Crippen molar-refractivity contribution < 1.29 is 78.0 Å². The molecule has 8 atom stereocenters. The van der Waals surface area contributed by atoms with Crippen LogP contribution in [0, 0.1) is 23.7 Å². The average Bonchev–Trinajstić information content (AvgIpc) is 2.38. The van der Waals surface area contributed by atoms with Gasteiger partial charge in [-0.1, -0.05) is 55.4 Å². The van der Waals surface area contributed by atoms with Crippen LogP contribution >= 0.6 is 0 Å². The monoisotopic (exact) mass is 1180 g/mol. The standard InChI is InChI=1S/C56H84N12O16/c1-25(2)19-31(57)51(81)63-29(9)49(79)65-35(21-27(5)6)53(83)67-55(59,23-41(73)74)39(71)15-17-61-33-11-12-34(44-43(33)47(77)45-37(69)13-14-38(70)46(45)48(44)78)62-18-16-40(72)56(60,24-42(75)76)68-54(84)36(22-28(7)8)66-50(80)30(10)64-52(82)32(58)20-26(3)4/h11-14,25-32,35-36,61-62,69-70H,15-24,57-60H2,1-10H3,(H,63,81)(H,64,82)(H,65,79)(H,66,80)(H,67,83)(H,68,84)(H,73,74)(H,75,76)/t29-,30-,31-,32-,35-,36-,55?,56?/m0/s1. The number of hydrogen-bond acceptors (Lipinski definition) is 20. The minimum atomic E-state index is -2.59. The van der Waals surface area contributed by atoms with Gasteiger partial charge in [0, 0.05) is 37.3 Å². The number of Topliss-reactive ketones (excluding diaryl/α,β-unsaturated/α-hetero) is 2. The van der Waals surface area contributed by atoms with Gasteiger partial charge in [0.05, 0.1) is 47.2 Å². The quantitative estimate of drug-likeness (QED) is 0.0275. The third-order valence-electron chi connectivity index (χ3n) is 13.5. The highest BCUT2D eigenvalue weighted by Crippen LogP contribution is 2.42. The molecule has 28 nitrogen and oxygen atoms in total. The van der Waals surface area contributed by atoms with Crippen molar-refractivity contribution in [2.24, 2.45) is 46.6 Å². The van der Waals surface area contributed by atoms with Crippen molar-refractivity contribution in [1.29, 1.82) is 0 Å². The molecule has 6 amide bonds. The number of carbonyl (C=O) groups is 12. The Labute approximate surface area is 486 Å². The van der Waals surface area contributed by atoms with Gasteiger partial charge in [-0.15, -0.1) is 0 Å². The first-order valence-electron chi connectivity index (χ1n) is 27.7. The highest BCUT2D eigenvalue weighted by atomic mass is 16.4. The van der Waals surface area contributed by atoms with Crippen molar-refractivity contribution in [2.45, 2.75) is 168 Å². The molecule has 1 aliphatic rings. The summed E-state index contributed by atoms with van der Waals surface area (Å²) in [6.45, 7) is 16.2. The lowest BCUT2D eigenvalue weighted by Gasteiger charge is -2.31. The summed E-state index contributed by atoms with van der Waals surface area (Å²) in [5.74, 6) is -13.9. The molecule has 0 radical (unpaired) electrons. The summed E-state index contributed by atoms with van der Waals surface area (Å²) in [4.78, 5) is 160. The van der Waals surface area contributed by atoms with Gasteiger partial charge in [-0.25, -0.2) is 0 Å². The van der Waals surface area contributed by atoms with Gasteiger partial charge in [0.1, 0.15) is 35.7 Å². The van der Waals surface area contributed by atoms with E-state index in [2.05, 4.69) is 42.5 Å². The Kier molecular flexibility index (Phi) is 25.5. The summed E-state index contributed by atoms with van der Waals surface area (Å²) in [5, 5.41) is 61.6. The topological polar surface area (TPSA) is 486 Å². The maximum absolute atomic E-state index is 14.4. The fraction of sp³-hybridized carbons (Fsp3) is 0.571. The maximum atomic E-state index is 14.4. The molecular weight excluding hydrogens is 1100 g/mol. The third-order valence-corrected chi connectivity index (χ3v) is 13.5. The van der Waals surface area contributed by atoms with Crippen LogP contribution in [0.3, 0.4) is 0 Å². The van der Waals surface area contributed by atoms with E-state index in [1.807, 2.05) is 27.7 Å². The molecule has 28 heteroatoms. The van der Waals surface area contributed by atoms with Crippen LogP contribution in [0.4, 0.5) is 11.4 Å². The lowest BCUT2D eigenvalue weighted by atomic mass is 9.81. The van der Waals surface area contributed by atoms with Crippen molar-refractivity contribution in [2.75, 3.05) is 23.7 Å². The Balaban J connectivity index is 1.91. The predicted molar refractivity (Wildman–Crippen MR) is 307 cm³/mol. The normalized spacial score (nSPS) is 15.6. The molecule has 2 aromatic rings. The van der Waals surface area contributed by atoms with Crippen molar-refractivity contribution >= 4 is 81.9 Å². The lowest BCUT2D eigenvalue weighted by molar-refractivity contribution is -0.144. The largest absolute Gasteiger partial charge is 0.507 e. The van der Waals surface area contributed by atoms with Crippen molar-refractivity contribution in [3.05, 3.63) is 46.5 Å². The van der Waals surface area contributed by atoms with Crippen LogP contribution in [0.2, 0.25) is 0 Å². The number of aromatic hydroxyl groups is 2. The van der Waals surface area contributed by atoms with E-state index in [-0.39, 0.29) is 47.9 Å². The van der Waals surface area contributed by atoms with Crippen LogP contribution in [-0.2, 0) is 47.9 Å². The number of aliphatic carboxylic acids is 2. The highest BCUT2D eigenvalue weighted by molar-refractivity contribution is 6.33. The first-order chi connectivity index (χ1) is 38.9. The number of anilines is 2. The molecule has 0 saturated carbocycles. The number of phenols is 2. The second-order valence-electron chi connectivity index (χ2n) is 23.0. The van der Waals surface area contributed by atoms with Gasteiger partial charge in [-0.3, -0.25) is 57.5 Å². The molecule has 0 spiro atoms. The molecule has 0 bridgehead atoms. The van der Waals surface area contributed by atoms with Gasteiger partial charge in [0.25, 0.3) is 0 Å². The van der Waals surface area contributed by atoms with Gasteiger partial charge in [0.2, 0.25) is 47.0 Å². The van der Waals surface area contributed by atoms with E-state index in [0.29, 0.717) is 12.8 Å². The minimum absolute atomic E-state index is 0.0166. The molecule has 0 saturated heterocycles. The van der Waals surface area contributed by atoms with Gasteiger partial charge in [-0.2, -0.15) is 0 Å². The van der Waals surface area contributed by atoms with Crippen LogP contribution in [0.15, 0.2) is 24.3 Å². The van der Waals surface area contributed by atoms with E-state index in [1.54, 1.807) is 27.7 Å². The molecule has 0 fully saturated rings. The predicted octanol–water partition coefficient (Wildman–Crippen LogP) is -0.0748. The smallest absolute Gasteiger partial charge is 0.307 e. The Hall–Kier alpha value is -8.08. The van der Waals surface area contributed by atoms with Crippen LogP contribution in [0.25, 0.3) is 0 Å². The number of carboxylic acids is 2. The number of benzene rings is 2. The molecule has 84 heavy (non-hydrogen) atoms. The summed E-state index contributed by atoms with van der Waals surface area (Å²) in [7, 11) is 0. The van der Waals surface area contributed by atoms with Crippen molar-refractivity contribution in [3.8, 4) is 11.5 Å². The van der Waals surface area contributed by atoms with Gasteiger partial charge in [-0.05, 0) is 87.5 Å². The SMILES string of the molecule is CC(C)C[C@H](NC(=O)[C@H](C)NC(=O)[C@@H](N)CC(C)C)C(=O)NC(N)(CC(=O)O)C(=O)CCNc1ccc(NCCC(=O)C(N)(CC(=O)O)NC(=O)[C@H](CC(C)C)NC(=O)[C@H](C)NC(=O)[C@@H](N)CC(C)C)c2c1C(=O)c1c(O)ccc(O)c1C2=O. The number of fused-ring (bicyclic) bond motifs is 2. The fourth-order valence-corrected chi connectivity index (χ4v) is 9.24. The van der Waals surface area contributed by atoms with Crippen molar-refractivity contribution in [3.63, 3.8) is 0 Å². The molecule has 464 valence electrons. The van der Waals surface area contributed by atoms with Crippen LogP contribution in [0.1, 0.15) is 152 Å². The number of carbonyl (C=O) groups excluding carboxylic acids is 10. The Morgan fingerprint density at radius 1 is 0.452 bits per heavy atom. The number of ketones is 4.